The van der Waals surface area contributed by atoms with Crippen molar-refractivity contribution in [2.45, 2.75) is 52.1 Å². The quantitative estimate of drug-likeness (QED) is 0.865. The lowest BCUT2D eigenvalue weighted by Crippen LogP contribution is -2.57. The van der Waals surface area contributed by atoms with Crippen molar-refractivity contribution in [2.75, 3.05) is 19.6 Å². The van der Waals surface area contributed by atoms with Gasteiger partial charge in [0.1, 0.15) is 0 Å². The predicted molar refractivity (Wildman–Crippen MR) is 70.4 cm³/mol. The molecule has 0 saturated carbocycles. The molecule has 0 aliphatic carbocycles. The Labute approximate surface area is 109 Å². The normalized spacial score (nSPS) is 21.2. The smallest absolute Gasteiger partial charge is 0.232 e. The second-order valence-electron chi connectivity index (χ2n) is 6.68. The molecule has 0 amide bonds. The van der Waals surface area contributed by atoms with E-state index in [4.69, 9.17) is 4.52 Å². The molecule has 1 saturated heterocycles. The van der Waals surface area contributed by atoms with Crippen LogP contribution in [0, 0.1) is 0 Å². The fourth-order valence-electron chi connectivity index (χ4n) is 2.11. The molecule has 1 aromatic rings. The first-order chi connectivity index (χ1) is 8.29. The van der Waals surface area contributed by atoms with Gasteiger partial charge in [-0.15, -0.1) is 0 Å². The Morgan fingerprint density at radius 3 is 2.67 bits per heavy atom. The zero-order valence-corrected chi connectivity index (χ0v) is 12.1. The molecule has 1 aliphatic rings. The van der Waals surface area contributed by atoms with Crippen LogP contribution in [0.2, 0.25) is 0 Å². The summed E-state index contributed by atoms with van der Waals surface area (Å²) in [5.74, 6) is 1.50. The average Bonchev–Trinajstić information content (AvgIpc) is 2.69. The summed E-state index contributed by atoms with van der Waals surface area (Å²) in [4.78, 5) is 6.90. The van der Waals surface area contributed by atoms with Gasteiger partial charge in [-0.1, -0.05) is 25.9 Å². The van der Waals surface area contributed by atoms with Gasteiger partial charge in [-0.2, -0.15) is 4.98 Å². The van der Waals surface area contributed by atoms with Crippen LogP contribution in [-0.4, -0.2) is 40.2 Å². The molecule has 1 aromatic heterocycles. The van der Waals surface area contributed by atoms with Crippen molar-refractivity contribution in [3.63, 3.8) is 0 Å². The monoisotopic (exact) mass is 252 g/mol. The summed E-state index contributed by atoms with van der Waals surface area (Å²) in [6, 6.07) is 0. The second-order valence-corrected chi connectivity index (χ2v) is 6.68. The molecule has 5 nitrogen and oxygen atoms in total. The minimum atomic E-state index is -0.0791. The highest BCUT2D eigenvalue weighted by Gasteiger charge is 2.31. The predicted octanol–water partition coefficient (Wildman–Crippen LogP) is 1.55. The first kappa shape index (κ1) is 13.5. The van der Waals surface area contributed by atoms with Gasteiger partial charge in [-0.05, 0) is 13.8 Å². The molecule has 0 spiro atoms. The van der Waals surface area contributed by atoms with Crippen molar-refractivity contribution in [1.82, 2.24) is 20.4 Å². The number of aromatic nitrogens is 2. The third kappa shape index (κ3) is 2.90. The molecule has 0 bridgehead atoms. The molecular weight excluding hydrogens is 228 g/mol. The van der Waals surface area contributed by atoms with Gasteiger partial charge in [-0.3, -0.25) is 4.90 Å². The minimum absolute atomic E-state index is 0.0791. The van der Waals surface area contributed by atoms with E-state index >= 15 is 0 Å². The van der Waals surface area contributed by atoms with Crippen molar-refractivity contribution < 1.29 is 4.52 Å². The molecule has 1 aliphatic heterocycles. The Kier molecular flexibility index (Phi) is 3.47. The van der Waals surface area contributed by atoms with Crippen molar-refractivity contribution in [3.8, 4) is 0 Å². The molecule has 0 aromatic carbocycles. The SMILES string of the molecule is CC(C)(C)c1nc(CN2CCNCC2(C)C)no1. The molecule has 2 heterocycles. The van der Waals surface area contributed by atoms with Crippen LogP contribution < -0.4 is 5.32 Å². The van der Waals surface area contributed by atoms with E-state index in [0.717, 1.165) is 32.0 Å². The number of nitrogens with one attached hydrogen (secondary N) is 1. The van der Waals surface area contributed by atoms with Crippen LogP contribution in [0.15, 0.2) is 4.52 Å². The highest BCUT2D eigenvalue weighted by atomic mass is 16.5. The Hall–Kier alpha value is -0.940. The van der Waals surface area contributed by atoms with Crippen molar-refractivity contribution in [2.24, 2.45) is 0 Å². The molecule has 2 rings (SSSR count). The number of piperazine rings is 1. The summed E-state index contributed by atoms with van der Waals surface area (Å²) >= 11 is 0. The minimum Gasteiger partial charge on any atom is -0.339 e. The van der Waals surface area contributed by atoms with Crippen molar-refractivity contribution in [1.29, 1.82) is 0 Å². The standard InChI is InChI=1S/C13H24N4O/c1-12(2,3)11-15-10(16-18-11)8-17-7-6-14-9-13(17,4)5/h14H,6-9H2,1-5H3. The van der Waals surface area contributed by atoms with E-state index in [1.54, 1.807) is 0 Å². The summed E-state index contributed by atoms with van der Waals surface area (Å²) in [5, 5.41) is 7.51. The topological polar surface area (TPSA) is 54.2 Å². The fraction of sp³-hybridized carbons (Fsp3) is 0.846. The molecule has 5 heteroatoms. The zero-order valence-electron chi connectivity index (χ0n) is 12.1. The molecule has 1 N–H and O–H groups in total. The Bertz CT molecular complexity index is 405. The van der Waals surface area contributed by atoms with Crippen LogP contribution >= 0.6 is 0 Å². The highest BCUT2D eigenvalue weighted by molar-refractivity contribution is 4.99. The molecule has 1 fully saturated rings. The fourth-order valence-corrected chi connectivity index (χ4v) is 2.11. The summed E-state index contributed by atoms with van der Waals surface area (Å²) in [6.07, 6.45) is 0. The summed E-state index contributed by atoms with van der Waals surface area (Å²) in [6.45, 7) is 14.5. The van der Waals surface area contributed by atoms with Crippen LogP contribution in [0.1, 0.15) is 46.3 Å². The average molecular weight is 252 g/mol. The molecular formula is C13H24N4O. The van der Waals surface area contributed by atoms with Crippen molar-refractivity contribution in [3.05, 3.63) is 11.7 Å². The number of rotatable bonds is 2. The zero-order chi connectivity index (χ0) is 13.4. The number of nitrogens with zero attached hydrogens (tertiary/aromatic N) is 3. The largest absolute Gasteiger partial charge is 0.339 e. The molecule has 18 heavy (non-hydrogen) atoms. The van der Waals surface area contributed by atoms with Gasteiger partial charge in [0.05, 0.1) is 6.54 Å². The maximum absolute atomic E-state index is 5.34. The Morgan fingerprint density at radius 1 is 1.39 bits per heavy atom. The van der Waals surface area contributed by atoms with E-state index in [1.807, 2.05) is 0 Å². The van der Waals surface area contributed by atoms with Gasteiger partial charge < -0.3 is 9.84 Å². The molecule has 0 unspecified atom stereocenters. The van der Waals surface area contributed by atoms with Gasteiger partial charge in [0.2, 0.25) is 5.89 Å². The van der Waals surface area contributed by atoms with Crippen LogP contribution in [0.4, 0.5) is 0 Å². The maximum atomic E-state index is 5.34. The van der Waals surface area contributed by atoms with Gasteiger partial charge in [0.15, 0.2) is 5.82 Å². The molecule has 0 radical (unpaired) electrons. The van der Waals surface area contributed by atoms with Gasteiger partial charge in [-0.25, -0.2) is 0 Å². The van der Waals surface area contributed by atoms with Gasteiger partial charge in [0.25, 0.3) is 0 Å². The van der Waals surface area contributed by atoms with Gasteiger partial charge in [0, 0.05) is 30.6 Å². The lowest BCUT2D eigenvalue weighted by Gasteiger charge is -2.42. The highest BCUT2D eigenvalue weighted by Crippen LogP contribution is 2.22. The third-order valence-corrected chi connectivity index (χ3v) is 3.41. The maximum Gasteiger partial charge on any atom is 0.232 e. The Morgan fingerprint density at radius 2 is 2.11 bits per heavy atom. The van der Waals surface area contributed by atoms with E-state index in [2.05, 4.69) is 55.0 Å². The lowest BCUT2D eigenvalue weighted by molar-refractivity contribution is 0.0791. The summed E-state index contributed by atoms with van der Waals surface area (Å²) in [5.41, 5.74) is 0.0605. The second kappa shape index (κ2) is 4.63. The van der Waals surface area contributed by atoms with Crippen LogP contribution in [0.3, 0.4) is 0 Å². The van der Waals surface area contributed by atoms with Crippen molar-refractivity contribution >= 4 is 0 Å². The first-order valence-corrected chi connectivity index (χ1v) is 6.58. The molecule has 0 atom stereocenters. The van der Waals surface area contributed by atoms with Crippen LogP contribution in [-0.2, 0) is 12.0 Å². The van der Waals surface area contributed by atoms with Crippen LogP contribution in [0.5, 0.6) is 0 Å². The van der Waals surface area contributed by atoms with E-state index in [-0.39, 0.29) is 11.0 Å². The van der Waals surface area contributed by atoms with E-state index < -0.39 is 0 Å². The first-order valence-electron chi connectivity index (χ1n) is 6.58. The van der Waals surface area contributed by atoms with Crippen LogP contribution in [0.25, 0.3) is 0 Å². The summed E-state index contributed by atoms with van der Waals surface area (Å²) in [7, 11) is 0. The number of hydrogen-bond donors (Lipinski definition) is 1. The number of hydrogen-bond acceptors (Lipinski definition) is 5. The lowest BCUT2D eigenvalue weighted by atomic mass is 9.97. The van der Waals surface area contributed by atoms with Gasteiger partial charge >= 0.3 is 0 Å². The third-order valence-electron chi connectivity index (χ3n) is 3.41. The van der Waals surface area contributed by atoms with E-state index in [0.29, 0.717) is 5.89 Å². The summed E-state index contributed by atoms with van der Waals surface area (Å²) < 4.78 is 5.34. The Balaban J connectivity index is 2.07. The van der Waals surface area contributed by atoms with E-state index in [9.17, 15) is 0 Å². The van der Waals surface area contributed by atoms with E-state index in [1.165, 1.54) is 0 Å². The molecule has 102 valence electrons.